The van der Waals surface area contributed by atoms with Crippen LogP contribution in [-0.4, -0.2) is 31.7 Å². The Morgan fingerprint density at radius 3 is 2.79 bits per heavy atom. The van der Waals surface area contributed by atoms with Crippen molar-refractivity contribution in [2.24, 2.45) is 17.3 Å². The Morgan fingerprint density at radius 1 is 1.47 bits per heavy atom. The van der Waals surface area contributed by atoms with Crippen LogP contribution in [-0.2, 0) is 9.53 Å². The van der Waals surface area contributed by atoms with Crippen molar-refractivity contribution in [3.05, 3.63) is 12.2 Å². The molecule has 0 aromatic rings. The van der Waals surface area contributed by atoms with Gasteiger partial charge >= 0.3 is 6.09 Å². The van der Waals surface area contributed by atoms with Gasteiger partial charge < -0.3 is 10.1 Å². The molecule has 2 aliphatic carbocycles. The molecule has 1 saturated carbocycles. The number of carbonyl (C=O) groups is 2. The lowest BCUT2D eigenvalue weighted by Gasteiger charge is -2.32. The average molecular weight is 269 g/mol. The van der Waals surface area contributed by atoms with Crippen molar-refractivity contribution in [2.45, 2.75) is 26.2 Å². The van der Waals surface area contributed by atoms with E-state index in [1.165, 1.54) is 0 Å². The van der Waals surface area contributed by atoms with E-state index in [4.69, 9.17) is 4.74 Å². The Balaban J connectivity index is 1.87. The summed E-state index contributed by atoms with van der Waals surface area (Å²) in [5.41, 5.74) is -0.545. The molecule has 0 radical (unpaired) electrons. The molecule has 1 amide bonds. The van der Waals surface area contributed by atoms with Gasteiger partial charge in [-0.05, 0) is 38.0 Å². The number of alkyl halides is 1. The van der Waals surface area contributed by atoms with Gasteiger partial charge in [0, 0.05) is 6.54 Å². The topological polar surface area (TPSA) is 55.4 Å². The molecular weight excluding hydrogens is 249 g/mol. The van der Waals surface area contributed by atoms with Gasteiger partial charge in [-0.15, -0.1) is 0 Å². The van der Waals surface area contributed by atoms with E-state index < -0.39 is 18.2 Å². The summed E-state index contributed by atoms with van der Waals surface area (Å²) in [6.45, 7) is 1.48. The number of carbonyl (C=O) groups excluding carboxylic acids is 2. The van der Waals surface area contributed by atoms with Gasteiger partial charge in [-0.25, -0.2) is 4.79 Å². The first-order valence-electron chi connectivity index (χ1n) is 6.74. The number of fused-ring (bicyclic) bond motifs is 2. The Kier molecular flexibility index (Phi) is 4.22. The number of nitrogens with one attached hydrogen (secondary N) is 1. The number of hydrogen-bond acceptors (Lipinski definition) is 3. The van der Waals surface area contributed by atoms with Gasteiger partial charge in [-0.2, -0.15) is 0 Å². The first-order valence-corrected chi connectivity index (χ1v) is 6.74. The molecule has 4 nitrogen and oxygen atoms in total. The van der Waals surface area contributed by atoms with E-state index in [9.17, 15) is 14.0 Å². The molecule has 0 saturated heterocycles. The summed E-state index contributed by atoms with van der Waals surface area (Å²) in [5.74, 6) is 0.710. The number of amides is 1. The van der Waals surface area contributed by atoms with Crippen molar-refractivity contribution >= 4 is 11.9 Å². The predicted octanol–water partition coefficient (Wildman–Crippen LogP) is 2.24. The summed E-state index contributed by atoms with van der Waals surface area (Å²) in [6, 6.07) is 0. The molecule has 19 heavy (non-hydrogen) atoms. The van der Waals surface area contributed by atoms with Gasteiger partial charge in [-0.1, -0.05) is 12.2 Å². The molecule has 2 rings (SSSR count). The Bertz CT molecular complexity index is 396. The van der Waals surface area contributed by atoms with Crippen LogP contribution in [0.5, 0.6) is 0 Å². The van der Waals surface area contributed by atoms with Crippen LogP contribution in [0.4, 0.5) is 9.18 Å². The van der Waals surface area contributed by atoms with Crippen molar-refractivity contribution in [3.63, 3.8) is 0 Å². The predicted molar refractivity (Wildman–Crippen MR) is 68.4 cm³/mol. The van der Waals surface area contributed by atoms with Crippen LogP contribution in [0.1, 0.15) is 26.2 Å². The lowest BCUT2D eigenvalue weighted by Crippen LogP contribution is -2.40. The molecule has 0 heterocycles. The van der Waals surface area contributed by atoms with Gasteiger partial charge in [0.2, 0.25) is 0 Å². The molecule has 3 atom stereocenters. The summed E-state index contributed by atoms with van der Waals surface area (Å²) in [4.78, 5) is 23.4. The third-order valence-electron chi connectivity index (χ3n) is 4.25. The molecule has 2 aliphatic rings. The van der Waals surface area contributed by atoms with Gasteiger partial charge in [0.25, 0.3) is 0 Å². The molecular formula is C14H20FNO3. The molecule has 3 unspecified atom stereocenters. The van der Waals surface area contributed by atoms with E-state index in [1.807, 2.05) is 0 Å². The summed E-state index contributed by atoms with van der Waals surface area (Å²) >= 11 is 0. The van der Waals surface area contributed by atoms with E-state index in [0.29, 0.717) is 5.92 Å². The van der Waals surface area contributed by atoms with Gasteiger partial charge in [0.05, 0.1) is 12.1 Å². The maximum absolute atomic E-state index is 11.9. The van der Waals surface area contributed by atoms with Crippen LogP contribution in [0.25, 0.3) is 0 Å². The van der Waals surface area contributed by atoms with Crippen molar-refractivity contribution in [1.82, 2.24) is 5.32 Å². The van der Waals surface area contributed by atoms with E-state index in [-0.39, 0.29) is 31.3 Å². The minimum Gasteiger partial charge on any atom is -0.448 e. The molecule has 0 aromatic carbocycles. The fourth-order valence-corrected chi connectivity index (χ4v) is 3.13. The Hall–Kier alpha value is -1.39. The molecule has 1 fully saturated rings. The number of allylic oxidation sites excluding steroid dienone is 2. The first-order chi connectivity index (χ1) is 9.08. The maximum atomic E-state index is 11.9. The largest absolute Gasteiger partial charge is 0.448 e. The van der Waals surface area contributed by atoms with E-state index in [0.717, 1.165) is 12.8 Å². The van der Waals surface area contributed by atoms with E-state index in [2.05, 4.69) is 17.5 Å². The van der Waals surface area contributed by atoms with Crippen LogP contribution in [0, 0.1) is 17.3 Å². The minimum absolute atomic E-state index is 0.0842. The minimum atomic E-state index is -0.569. The van der Waals surface area contributed by atoms with Crippen LogP contribution in [0.2, 0.25) is 0 Å². The zero-order valence-corrected chi connectivity index (χ0v) is 11.2. The SMILES string of the molecule is CC(=O)C1(COC(=O)NCCCF)CC2C=CC1C2. The number of hydrogen-bond donors (Lipinski definition) is 1. The summed E-state index contributed by atoms with van der Waals surface area (Å²) in [6.07, 6.45) is 5.67. The summed E-state index contributed by atoms with van der Waals surface area (Å²) in [5, 5.41) is 2.48. The van der Waals surface area contributed by atoms with Crippen molar-refractivity contribution in [2.75, 3.05) is 19.8 Å². The number of ether oxygens (including phenoxy) is 1. The molecule has 2 bridgehead atoms. The van der Waals surface area contributed by atoms with E-state index in [1.54, 1.807) is 6.92 Å². The smallest absolute Gasteiger partial charge is 0.407 e. The molecule has 1 N–H and O–H groups in total. The quantitative estimate of drug-likeness (QED) is 0.594. The normalized spacial score (nSPS) is 31.5. The van der Waals surface area contributed by atoms with Crippen LogP contribution in [0.15, 0.2) is 12.2 Å². The third-order valence-corrected chi connectivity index (χ3v) is 4.25. The van der Waals surface area contributed by atoms with Gasteiger partial charge in [0.1, 0.15) is 12.4 Å². The number of halogens is 1. The highest BCUT2D eigenvalue weighted by Gasteiger charge is 2.52. The standard InChI is InChI=1S/C14H20FNO3/c1-10(17)14(8-11-3-4-12(14)7-11)9-19-13(18)16-6-2-5-15/h3-4,11-12H,2,5-9H2,1H3,(H,16,18). The fourth-order valence-electron chi connectivity index (χ4n) is 3.13. The van der Waals surface area contributed by atoms with E-state index >= 15 is 0 Å². The second kappa shape index (κ2) is 5.72. The highest BCUT2D eigenvalue weighted by atomic mass is 19.1. The second-order valence-corrected chi connectivity index (χ2v) is 5.45. The molecule has 5 heteroatoms. The molecule has 0 aromatic heterocycles. The zero-order valence-electron chi connectivity index (χ0n) is 11.2. The number of rotatable bonds is 6. The summed E-state index contributed by atoms with van der Waals surface area (Å²) in [7, 11) is 0. The maximum Gasteiger partial charge on any atom is 0.407 e. The summed E-state index contributed by atoms with van der Waals surface area (Å²) < 4.78 is 17.1. The Morgan fingerprint density at radius 2 is 2.26 bits per heavy atom. The number of ketones is 1. The molecule has 0 spiro atoms. The second-order valence-electron chi connectivity index (χ2n) is 5.45. The lowest BCUT2D eigenvalue weighted by atomic mass is 9.73. The lowest BCUT2D eigenvalue weighted by molar-refractivity contribution is -0.130. The van der Waals surface area contributed by atoms with Gasteiger partial charge in [0.15, 0.2) is 0 Å². The highest BCUT2D eigenvalue weighted by molar-refractivity contribution is 5.84. The van der Waals surface area contributed by atoms with Crippen molar-refractivity contribution in [1.29, 1.82) is 0 Å². The van der Waals surface area contributed by atoms with Gasteiger partial charge in [-0.3, -0.25) is 9.18 Å². The third kappa shape index (κ3) is 2.80. The highest BCUT2D eigenvalue weighted by Crippen LogP contribution is 2.52. The van der Waals surface area contributed by atoms with Crippen LogP contribution < -0.4 is 5.32 Å². The number of Topliss-reactive ketones (excluding diaryl/α,β-unsaturated/α-hetero) is 1. The monoisotopic (exact) mass is 269 g/mol. The zero-order chi connectivity index (χ0) is 13.9. The van der Waals surface area contributed by atoms with Crippen LogP contribution >= 0.6 is 0 Å². The van der Waals surface area contributed by atoms with Crippen LogP contribution in [0.3, 0.4) is 0 Å². The fraction of sp³-hybridized carbons (Fsp3) is 0.714. The molecule has 0 aliphatic heterocycles. The van der Waals surface area contributed by atoms with Crippen molar-refractivity contribution < 1.29 is 18.7 Å². The first kappa shape index (κ1) is 14.0. The number of alkyl carbamates (subject to hydrolysis) is 1. The Labute approximate surface area is 112 Å². The van der Waals surface area contributed by atoms with Crippen molar-refractivity contribution in [3.8, 4) is 0 Å². The molecule has 106 valence electrons. The average Bonchev–Trinajstić information content (AvgIpc) is 2.97.